The standard InChI is InChI=1S/C14H11F3OS/c15-11-7-6-10(13(16)14(11)17)12(18)8-19-9-4-2-1-3-5-9/h1-7,12,18H,8H2. The first kappa shape index (κ1) is 14.0. The Balaban J connectivity index is 2.08. The van der Waals surface area contributed by atoms with Crippen molar-refractivity contribution >= 4 is 11.8 Å². The first-order valence-corrected chi connectivity index (χ1v) is 6.57. The van der Waals surface area contributed by atoms with Crippen molar-refractivity contribution in [3.8, 4) is 0 Å². The molecule has 0 aromatic heterocycles. The molecule has 1 N–H and O–H groups in total. The van der Waals surface area contributed by atoms with Crippen LogP contribution in [0.1, 0.15) is 11.7 Å². The minimum absolute atomic E-state index is 0.159. The van der Waals surface area contributed by atoms with Gasteiger partial charge in [0.1, 0.15) is 0 Å². The van der Waals surface area contributed by atoms with Crippen LogP contribution in [0.4, 0.5) is 13.2 Å². The predicted molar refractivity (Wildman–Crippen MR) is 68.4 cm³/mol. The minimum atomic E-state index is -1.55. The number of hydrogen-bond acceptors (Lipinski definition) is 2. The molecule has 0 heterocycles. The van der Waals surface area contributed by atoms with E-state index in [0.717, 1.165) is 17.0 Å². The number of halogens is 3. The number of rotatable bonds is 4. The zero-order chi connectivity index (χ0) is 13.8. The van der Waals surface area contributed by atoms with Gasteiger partial charge in [-0.15, -0.1) is 11.8 Å². The van der Waals surface area contributed by atoms with Crippen LogP contribution in [0, 0.1) is 17.5 Å². The molecule has 0 aliphatic heterocycles. The van der Waals surface area contributed by atoms with Crippen LogP contribution >= 0.6 is 11.8 Å². The third-order valence-corrected chi connectivity index (χ3v) is 3.66. The molecule has 1 unspecified atom stereocenters. The van der Waals surface area contributed by atoms with E-state index in [1.54, 1.807) is 0 Å². The molecule has 1 atom stereocenters. The van der Waals surface area contributed by atoms with E-state index < -0.39 is 23.6 Å². The highest BCUT2D eigenvalue weighted by atomic mass is 32.2. The van der Waals surface area contributed by atoms with Crippen LogP contribution in [0.3, 0.4) is 0 Å². The Kier molecular flexibility index (Phi) is 4.50. The molecule has 19 heavy (non-hydrogen) atoms. The van der Waals surface area contributed by atoms with Crippen LogP contribution in [0.25, 0.3) is 0 Å². The number of aliphatic hydroxyl groups is 1. The summed E-state index contributed by atoms with van der Waals surface area (Å²) in [7, 11) is 0. The summed E-state index contributed by atoms with van der Waals surface area (Å²) in [6.07, 6.45) is -1.19. The van der Waals surface area contributed by atoms with Crippen molar-refractivity contribution in [2.75, 3.05) is 5.75 Å². The molecular formula is C14H11F3OS. The van der Waals surface area contributed by atoms with Gasteiger partial charge in [0.25, 0.3) is 0 Å². The van der Waals surface area contributed by atoms with E-state index in [-0.39, 0.29) is 11.3 Å². The largest absolute Gasteiger partial charge is 0.387 e. The molecule has 2 rings (SSSR count). The van der Waals surface area contributed by atoms with Gasteiger partial charge in [0, 0.05) is 16.2 Å². The monoisotopic (exact) mass is 284 g/mol. The number of thioether (sulfide) groups is 1. The maximum absolute atomic E-state index is 13.5. The molecule has 2 aromatic rings. The normalized spacial score (nSPS) is 12.4. The third-order valence-electron chi connectivity index (χ3n) is 2.58. The predicted octanol–water partition coefficient (Wildman–Crippen LogP) is 3.93. The molecule has 0 amide bonds. The Morgan fingerprint density at radius 1 is 0.947 bits per heavy atom. The van der Waals surface area contributed by atoms with Crippen LogP contribution in [0.5, 0.6) is 0 Å². The van der Waals surface area contributed by atoms with Crippen molar-refractivity contribution in [3.63, 3.8) is 0 Å². The van der Waals surface area contributed by atoms with Crippen LogP contribution in [-0.2, 0) is 0 Å². The lowest BCUT2D eigenvalue weighted by Gasteiger charge is -2.12. The van der Waals surface area contributed by atoms with Crippen LogP contribution < -0.4 is 0 Å². The van der Waals surface area contributed by atoms with Gasteiger partial charge in [0.2, 0.25) is 0 Å². The van der Waals surface area contributed by atoms with Gasteiger partial charge in [0.05, 0.1) is 6.10 Å². The molecule has 0 saturated carbocycles. The summed E-state index contributed by atoms with van der Waals surface area (Å²) >= 11 is 1.31. The van der Waals surface area contributed by atoms with Gasteiger partial charge in [-0.3, -0.25) is 0 Å². The lowest BCUT2D eigenvalue weighted by atomic mass is 10.1. The van der Waals surface area contributed by atoms with E-state index >= 15 is 0 Å². The second-order valence-electron chi connectivity index (χ2n) is 3.90. The average molecular weight is 284 g/mol. The second kappa shape index (κ2) is 6.12. The van der Waals surface area contributed by atoms with E-state index in [2.05, 4.69) is 0 Å². The molecule has 0 fully saturated rings. The Morgan fingerprint density at radius 2 is 1.63 bits per heavy atom. The SMILES string of the molecule is OC(CSc1ccccc1)c1ccc(F)c(F)c1F. The lowest BCUT2D eigenvalue weighted by Crippen LogP contribution is -2.06. The van der Waals surface area contributed by atoms with Crippen molar-refractivity contribution in [2.24, 2.45) is 0 Å². The average Bonchev–Trinajstić information content (AvgIpc) is 2.43. The molecule has 100 valence electrons. The van der Waals surface area contributed by atoms with Crippen molar-refractivity contribution in [1.82, 2.24) is 0 Å². The fraction of sp³-hybridized carbons (Fsp3) is 0.143. The summed E-state index contributed by atoms with van der Waals surface area (Å²) < 4.78 is 39.3. The minimum Gasteiger partial charge on any atom is -0.387 e. The molecule has 0 radical (unpaired) electrons. The van der Waals surface area contributed by atoms with Crippen molar-refractivity contribution < 1.29 is 18.3 Å². The van der Waals surface area contributed by atoms with E-state index in [1.807, 2.05) is 30.3 Å². The van der Waals surface area contributed by atoms with Gasteiger partial charge < -0.3 is 5.11 Å². The molecular weight excluding hydrogens is 273 g/mol. The number of benzene rings is 2. The molecule has 5 heteroatoms. The third kappa shape index (κ3) is 3.30. The zero-order valence-corrected chi connectivity index (χ0v) is 10.6. The van der Waals surface area contributed by atoms with Gasteiger partial charge in [-0.25, -0.2) is 13.2 Å². The van der Waals surface area contributed by atoms with E-state index in [9.17, 15) is 18.3 Å². The highest BCUT2D eigenvalue weighted by Crippen LogP contribution is 2.27. The molecule has 0 bridgehead atoms. The van der Waals surface area contributed by atoms with Crippen LogP contribution in [0.2, 0.25) is 0 Å². The maximum Gasteiger partial charge on any atom is 0.194 e. The summed E-state index contributed by atoms with van der Waals surface area (Å²) in [4.78, 5) is 0.907. The topological polar surface area (TPSA) is 20.2 Å². The van der Waals surface area contributed by atoms with Gasteiger partial charge in [-0.05, 0) is 18.2 Å². The summed E-state index contributed by atoms with van der Waals surface area (Å²) in [6.45, 7) is 0. The highest BCUT2D eigenvalue weighted by Gasteiger charge is 2.19. The lowest BCUT2D eigenvalue weighted by molar-refractivity contribution is 0.197. The van der Waals surface area contributed by atoms with Crippen molar-refractivity contribution in [3.05, 3.63) is 65.5 Å². The maximum atomic E-state index is 13.5. The fourth-order valence-corrected chi connectivity index (χ4v) is 2.46. The number of hydrogen-bond donors (Lipinski definition) is 1. The summed E-state index contributed by atoms with van der Waals surface area (Å²) in [5.74, 6) is -3.99. The van der Waals surface area contributed by atoms with Crippen molar-refractivity contribution in [2.45, 2.75) is 11.0 Å². The molecule has 0 aliphatic rings. The molecule has 1 nitrogen and oxygen atoms in total. The molecule has 0 aliphatic carbocycles. The Labute approximate surface area is 113 Å². The van der Waals surface area contributed by atoms with E-state index in [0.29, 0.717) is 0 Å². The Bertz CT molecular complexity index is 560. The van der Waals surface area contributed by atoms with Crippen LogP contribution in [0.15, 0.2) is 47.4 Å². The summed E-state index contributed by atoms with van der Waals surface area (Å²) in [6, 6.07) is 11.1. The Hall–Kier alpha value is -1.46. The van der Waals surface area contributed by atoms with E-state index in [1.165, 1.54) is 11.8 Å². The van der Waals surface area contributed by atoms with Crippen molar-refractivity contribution in [1.29, 1.82) is 0 Å². The fourth-order valence-electron chi connectivity index (χ4n) is 1.58. The second-order valence-corrected chi connectivity index (χ2v) is 5.00. The first-order valence-electron chi connectivity index (χ1n) is 5.59. The quantitative estimate of drug-likeness (QED) is 0.678. The smallest absolute Gasteiger partial charge is 0.194 e. The Morgan fingerprint density at radius 3 is 2.32 bits per heavy atom. The zero-order valence-electron chi connectivity index (χ0n) is 9.82. The van der Waals surface area contributed by atoms with E-state index in [4.69, 9.17) is 0 Å². The molecule has 0 spiro atoms. The molecule has 2 aromatic carbocycles. The molecule has 0 saturated heterocycles. The highest BCUT2D eigenvalue weighted by molar-refractivity contribution is 7.99. The summed E-state index contributed by atoms with van der Waals surface area (Å²) in [5.41, 5.74) is -0.234. The number of aliphatic hydroxyl groups excluding tert-OH is 1. The van der Waals surface area contributed by atoms with Gasteiger partial charge in [-0.1, -0.05) is 24.3 Å². The van der Waals surface area contributed by atoms with Gasteiger partial charge >= 0.3 is 0 Å². The first-order chi connectivity index (χ1) is 9.09. The van der Waals surface area contributed by atoms with Gasteiger partial charge in [0.15, 0.2) is 17.5 Å². The van der Waals surface area contributed by atoms with Crippen LogP contribution in [-0.4, -0.2) is 10.9 Å². The van der Waals surface area contributed by atoms with Gasteiger partial charge in [-0.2, -0.15) is 0 Å². The summed E-state index contributed by atoms with van der Waals surface area (Å²) in [5, 5.41) is 9.83.